The van der Waals surface area contributed by atoms with E-state index in [9.17, 15) is 4.79 Å². The van der Waals surface area contributed by atoms with Gasteiger partial charge in [-0.15, -0.1) is 23.5 Å². The Morgan fingerprint density at radius 2 is 1.83 bits per heavy atom. The molecule has 0 aliphatic rings. The average Bonchev–Trinajstić information content (AvgIpc) is 2.45. The second kappa shape index (κ2) is 6.66. The molecule has 0 saturated carbocycles. The predicted molar refractivity (Wildman–Crippen MR) is 79.6 cm³/mol. The van der Waals surface area contributed by atoms with Crippen molar-refractivity contribution in [3.05, 3.63) is 59.7 Å². The zero-order valence-corrected chi connectivity index (χ0v) is 11.8. The van der Waals surface area contributed by atoms with Crippen LogP contribution in [0.25, 0.3) is 0 Å². The van der Waals surface area contributed by atoms with Gasteiger partial charge in [0.05, 0.1) is 0 Å². The van der Waals surface area contributed by atoms with Crippen LogP contribution in [-0.4, -0.2) is 12.5 Å². The quantitative estimate of drug-likeness (QED) is 0.589. The smallest absolute Gasteiger partial charge is 0.150 e. The predicted octanol–water partition coefficient (Wildman–Crippen LogP) is 4.51. The van der Waals surface area contributed by atoms with Gasteiger partial charge in [-0.05, 0) is 30.0 Å². The van der Waals surface area contributed by atoms with E-state index in [4.69, 9.17) is 0 Å². The highest BCUT2D eigenvalue weighted by Gasteiger charge is 2.02. The van der Waals surface area contributed by atoms with Gasteiger partial charge < -0.3 is 0 Å². The molecule has 3 heteroatoms. The molecule has 0 N–H and O–H groups in total. The van der Waals surface area contributed by atoms with Crippen molar-refractivity contribution in [2.75, 3.05) is 6.26 Å². The summed E-state index contributed by atoms with van der Waals surface area (Å²) in [5.41, 5.74) is 1.92. The molecule has 18 heavy (non-hydrogen) atoms. The minimum absolute atomic E-state index is 0.742. The number of carbonyl (C=O) groups excluding carboxylic acids is 1. The Morgan fingerprint density at radius 3 is 2.56 bits per heavy atom. The van der Waals surface area contributed by atoms with Crippen LogP contribution in [0.1, 0.15) is 15.9 Å². The van der Waals surface area contributed by atoms with Crippen molar-refractivity contribution in [2.45, 2.75) is 15.5 Å². The summed E-state index contributed by atoms with van der Waals surface area (Å²) in [5, 5.41) is 0. The van der Waals surface area contributed by atoms with E-state index >= 15 is 0 Å². The number of thioether (sulfide) groups is 2. The Kier molecular flexibility index (Phi) is 4.90. The largest absolute Gasteiger partial charge is 0.298 e. The lowest BCUT2D eigenvalue weighted by Gasteiger charge is -2.06. The topological polar surface area (TPSA) is 17.1 Å². The standard InChI is InChI=1S/C15H14OS2/c1-17-14-7-2-3-8-15(14)18-11-13-6-4-5-12(9-13)10-16/h2-10H,11H2,1H3. The number of benzene rings is 2. The van der Waals surface area contributed by atoms with Gasteiger partial charge in [-0.2, -0.15) is 0 Å². The van der Waals surface area contributed by atoms with E-state index in [-0.39, 0.29) is 0 Å². The molecule has 0 heterocycles. The van der Waals surface area contributed by atoms with E-state index in [2.05, 4.69) is 36.6 Å². The maximum atomic E-state index is 10.7. The van der Waals surface area contributed by atoms with E-state index in [1.807, 2.05) is 30.0 Å². The third kappa shape index (κ3) is 3.40. The summed E-state index contributed by atoms with van der Waals surface area (Å²) < 4.78 is 0. The molecular weight excluding hydrogens is 260 g/mol. The van der Waals surface area contributed by atoms with Crippen molar-refractivity contribution in [1.29, 1.82) is 0 Å². The second-order valence-electron chi connectivity index (χ2n) is 3.80. The Bertz CT molecular complexity index is 538. The molecular formula is C15H14OS2. The lowest BCUT2D eigenvalue weighted by atomic mass is 10.2. The Balaban J connectivity index is 2.08. The number of carbonyl (C=O) groups is 1. The van der Waals surface area contributed by atoms with Crippen LogP contribution in [0.3, 0.4) is 0 Å². The maximum Gasteiger partial charge on any atom is 0.150 e. The molecule has 0 atom stereocenters. The molecule has 1 nitrogen and oxygen atoms in total. The first-order valence-corrected chi connectivity index (χ1v) is 7.84. The van der Waals surface area contributed by atoms with Gasteiger partial charge in [-0.1, -0.05) is 30.3 Å². The third-order valence-electron chi connectivity index (χ3n) is 2.55. The molecule has 0 aliphatic carbocycles. The summed E-state index contributed by atoms with van der Waals surface area (Å²) in [6, 6.07) is 16.2. The van der Waals surface area contributed by atoms with Crippen LogP contribution >= 0.6 is 23.5 Å². The Hall–Kier alpha value is -1.19. The second-order valence-corrected chi connectivity index (χ2v) is 5.67. The van der Waals surface area contributed by atoms with Crippen LogP contribution in [0.2, 0.25) is 0 Å². The molecule has 0 aromatic heterocycles. The highest BCUT2D eigenvalue weighted by molar-refractivity contribution is 8.01. The number of hydrogen-bond donors (Lipinski definition) is 0. The fourth-order valence-electron chi connectivity index (χ4n) is 1.66. The lowest BCUT2D eigenvalue weighted by molar-refractivity contribution is 0.112. The van der Waals surface area contributed by atoms with Crippen LogP contribution in [0.15, 0.2) is 58.3 Å². The van der Waals surface area contributed by atoms with Gasteiger partial charge in [0.1, 0.15) is 6.29 Å². The van der Waals surface area contributed by atoms with Crippen molar-refractivity contribution < 1.29 is 4.79 Å². The molecule has 0 saturated heterocycles. The van der Waals surface area contributed by atoms with Crippen LogP contribution in [0.5, 0.6) is 0 Å². The van der Waals surface area contributed by atoms with Gasteiger partial charge in [-0.25, -0.2) is 0 Å². The van der Waals surface area contributed by atoms with Crippen LogP contribution in [0.4, 0.5) is 0 Å². The lowest BCUT2D eigenvalue weighted by Crippen LogP contribution is -1.85. The molecule has 2 aromatic rings. The zero-order chi connectivity index (χ0) is 12.8. The van der Waals surface area contributed by atoms with E-state index < -0.39 is 0 Å². The van der Waals surface area contributed by atoms with Crippen molar-refractivity contribution in [3.8, 4) is 0 Å². The molecule has 0 amide bonds. The summed E-state index contributed by atoms with van der Waals surface area (Å²) in [6.07, 6.45) is 2.98. The van der Waals surface area contributed by atoms with Crippen LogP contribution in [0, 0.1) is 0 Å². The van der Waals surface area contributed by atoms with Gasteiger partial charge in [-0.3, -0.25) is 4.79 Å². The molecule has 92 valence electrons. The van der Waals surface area contributed by atoms with Gasteiger partial charge in [0, 0.05) is 21.1 Å². The van der Waals surface area contributed by atoms with Gasteiger partial charge in [0.25, 0.3) is 0 Å². The first kappa shape index (κ1) is 13.2. The molecule has 2 aromatic carbocycles. The van der Waals surface area contributed by atoms with Gasteiger partial charge >= 0.3 is 0 Å². The summed E-state index contributed by atoms with van der Waals surface area (Å²) in [6.45, 7) is 0. The number of rotatable bonds is 5. The van der Waals surface area contributed by atoms with Crippen LogP contribution < -0.4 is 0 Å². The minimum Gasteiger partial charge on any atom is -0.298 e. The molecule has 0 aliphatic heterocycles. The van der Waals surface area contributed by atoms with E-state index in [0.29, 0.717) is 0 Å². The number of aldehydes is 1. The molecule has 2 rings (SSSR count). The van der Waals surface area contributed by atoms with E-state index in [1.54, 1.807) is 11.8 Å². The fraction of sp³-hybridized carbons (Fsp3) is 0.133. The zero-order valence-electron chi connectivity index (χ0n) is 10.1. The van der Waals surface area contributed by atoms with Crippen molar-refractivity contribution in [1.82, 2.24) is 0 Å². The third-order valence-corrected chi connectivity index (χ3v) is 4.62. The Labute approximate surface area is 116 Å². The summed E-state index contributed by atoms with van der Waals surface area (Å²) >= 11 is 3.57. The van der Waals surface area contributed by atoms with Gasteiger partial charge in [0.2, 0.25) is 0 Å². The maximum absolute atomic E-state index is 10.7. The summed E-state index contributed by atoms with van der Waals surface area (Å²) in [5.74, 6) is 0.888. The molecule has 0 bridgehead atoms. The highest BCUT2D eigenvalue weighted by Crippen LogP contribution is 2.31. The summed E-state index contributed by atoms with van der Waals surface area (Å²) in [7, 11) is 0. The van der Waals surface area contributed by atoms with Crippen LogP contribution in [-0.2, 0) is 5.75 Å². The van der Waals surface area contributed by atoms with E-state index in [0.717, 1.165) is 17.6 Å². The van der Waals surface area contributed by atoms with Crippen molar-refractivity contribution >= 4 is 29.8 Å². The Morgan fingerprint density at radius 1 is 1.06 bits per heavy atom. The highest BCUT2D eigenvalue weighted by atomic mass is 32.2. The normalized spacial score (nSPS) is 10.3. The van der Waals surface area contributed by atoms with E-state index in [1.165, 1.54) is 15.4 Å². The first-order valence-electron chi connectivity index (χ1n) is 5.63. The summed E-state index contributed by atoms with van der Waals surface area (Å²) in [4.78, 5) is 13.3. The molecule has 0 radical (unpaired) electrons. The van der Waals surface area contributed by atoms with Crippen molar-refractivity contribution in [2.24, 2.45) is 0 Å². The molecule has 0 fully saturated rings. The fourth-order valence-corrected chi connectivity index (χ4v) is 3.45. The average molecular weight is 274 g/mol. The number of hydrogen-bond acceptors (Lipinski definition) is 3. The van der Waals surface area contributed by atoms with Crippen molar-refractivity contribution in [3.63, 3.8) is 0 Å². The monoisotopic (exact) mass is 274 g/mol. The molecule has 0 unspecified atom stereocenters. The molecule has 0 spiro atoms. The first-order chi connectivity index (χ1) is 8.83. The van der Waals surface area contributed by atoms with Gasteiger partial charge in [0.15, 0.2) is 0 Å². The SMILES string of the molecule is CSc1ccccc1SCc1cccc(C=O)c1. The minimum atomic E-state index is 0.742.